The molecule has 0 heterocycles. The Morgan fingerprint density at radius 1 is 1.57 bits per heavy atom. The van der Waals surface area contributed by atoms with E-state index in [2.05, 4.69) is 33.9 Å². The van der Waals surface area contributed by atoms with Crippen LogP contribution in [0.1, 0.15) is 12.5 Å². The van der Waals surface area contributed by atoms with E-state index in [0.717, 1.165) is 15.7 Å². The van der Waals surface area contributed by atoms with E-state index in [-0.39, 0.29) is 11.2 Å². The molecule has 0 spiro atoms. The van der Waals surface area contributed by atoms with Gasteiger partial charge in [0.2, 0.25) is 5.91 Å². The molecule has 1 atom stereocenters. The van der Waals surface area contributed by atoms with Crippen LogP contribution >= 0.6 is 28.6 Å². The summed E-state index contributed by atoms with van der Waals surface area (Å²) in [5.74, 6) is -0.0934. The normalized spacial score (nSPS) is 12.3. The molecule has 2 nitrogen and oxygen atoms in total. The third-order valence-corrected chi connectivity index (χ3v) is 2.91. The lowest BCUT2D eigenvalue weighted by atomic mass is 10.2. The van der Waals surface area contributed by atoms with Gasteiger partial charge in [-0.3, -0.25) is 4.79 Å². The first kappa shape index (κ1) is 11.6. The predicted octanol–water partition coefficient (Wildman–Crippen LogP) is 3.01. The van der Waals surface area contributed by atoms with E-state index in [4.69, 9.17) is 0 Å². The molecule has 1 N–H and O–H groups in total. The highest BCUT2D eigenvalue weighted by molar-refractivity contribution is 9.10. The number of benzene rings is 1. The lowest BCUT2D eigenvalue weighted by Crippen LogP contribution is -2.20. The van der Waals surface area contributed by atoms with E-state index in [9.17, 15) is 4.79 Å². The van der Waals surface area contributed by atoms with Gasteiger partial charge in [0, 0.05) is 10.2 Å². The van der Waals surface area contributed by atoms with Crippen molar-refractivity contribution >= 4 is 40.2 Å². The molecular weight excluding hydrogens is 262 g/mol. The van der Waals surface area contributed by atoms with E-state index in [0.29, 0.717) is 0 Å². The van der Waals surface area contributed by atoms with Gasteiger partial charge in [0.05, 0.1) is 5.25 Å². The average Bonchev–Trinajstić information content (AvgIpc) is 2.11. The van der Waals surface area contributed by atoms with Crippen molar-refractivity contribution in [3.8, 4) is 0 Å². The molecule has 0 fully saturated rings. The number of aryl methyl sites for hydroxylation is 1. The first-order chi connectivity index (χ1) is 6.50. The van der Waals surface area contributed by atoms with E-state index in [1.54, 1.807) is 6.92 Å². The Bertz CT molecular complexity index is 352. The van der Waals surface area contributed by atoms with Crippen molar-refractivity contribution in [1.29, 1.82) is 0 Å². The number of hydrogen-bond donors (Lipinski definition) is 2. The fraction of sp³-hybridized carbons (Fsp3) is 0.300. The molecule has 1 aromatic rings. The molecule has 1 unspecified atom stereocenters. The maximum atomic E-state index is 11.3. The number of carbonyl (C=O) groups excluding carboxylic acids is 1. The molecule has 0 aliphatic carbocycles. The molecule has 1 amide bonds. The van der Waals surface area contributed by atoms with Gasteiger partial charge < -0.3 is 5.32 Å². The summed E-state index contributed by atoms with van der Waals surface area (Å²) in [6.07, 6.45) is 0. The maximum Gasteiger partial charge on any atom is 0.236 e. The Labute approximate surface area is 97.6 Å². The zero-order chi connectivity index (χ0) is 10.7. The van der Waals surface area contributed by atoms with Gasteiger partial charge in [-0.15, -0.1) is 0 Å². The SMILES string of the molecule is Cc1ccc(NC(=O)C(C)S)cc1Br. The minimum absolute atomic E-state index is 0.0934. The summed E-state index contributed by atoms with van der Waals surface area (Å²) in [5, 5.41) is 2.47. The fourth-order valence-corrected chi connectivity index (χ4v) is 1.36. The van der Waals surface area contributed by atoms with E-state index in [1.807, 2.05) is 25.1 Å². The zero-order valence-electron chi connectivity index (χ0n) is 8.04. The quantitative estimate of drug-likeness (QED) is 0.797. The number of anilines is 1. The second-order valence-electron chi connectivity index (χ2n) is 3.13. The number of hydrogen-bond acceptors (Lipinski definition) is 2. The topological polar surface area (TPSA) is 29.1 Å². The van der Waals surface area contributed by atoms with Crippen LogP contribution in [-0.2, 0) is 4.79 Å². The Morgan fingerprint density at radius 2 is 2.21 bits per heavy atom. The second kappa shape index (κ2) is 4.84. The molecule has 4 heteroatoms. The maximum absolute atomic E-state index is 11.3. The van der Waals surface area contributed by atoms with Crippen LogP contribution in [0.3, 0.4) is 0 Å². The monoisotopic (exact) mass is 273 g/mol. The first-order valence-corrected chi connectivity index (χ1v) is 5.56. The van der Waals surface area contributed by atoms with Gasteiger partial charge in [-0.05, 0) is 31.5 Å². The Kier molecular flexibility index (Phi) is 4.01. The highest BCUT2D eigenvalue weighted by atomic mass is 79.9. The van der Waals surface area contributed by atoms with Crippen LogP contribution in [0.25, 0.3) is 0 Å². The first-order valence-electron chi connectivity index (χ1n) is 4.26. The molecule has 76 valence electrons. The van der Waals surface area contributed by atoms with Gasteiger partial charge in [-0.1, -0.05) is 22.0 Å². The molecule has 0 radical (unpaired) electrons. The van der Waals surface area contributed by atoms with Crippen molar-refractivity contribution in [3.05, 3.63) is 28.2 Å². The Morgan fingerprint density at radius 3 is 2.71 bits per heavy atom. The van der Waals surface area contributed by atoms with Crippen molar-refractivity contribution in [3.63, 3.8) is 0 Å². The van der Waals surface area contributed by atoms with Gasteiger partial charge in [0.1, 0.15) is 0 Å². The van der Waals surface area contributed by atoms with Crippen molar-refractivity contribution < 1.29 is 4.79 Å². The van der Waals surface area contributed by atoms with Crippen molar-refractivity contribution in [2.75, 3.05) is 5.32 Å². The second-order valence-corrected chi connectivity index (χ2v) is 4.76. The molecule has 0 saturated heterocycles. The fourth-order valence-electron chi connectivity index (χ4n) is 0.917. The molecule has 0 aliphatic rings. The third kappa shape index (κ3) is 3.03. The minimum Gasteiger partial charge on any atom is -0.325 e. The number of amides is 1. The summed E-state index contributed by atoms with van der Waals surface area (Å²) in [7, 11) is 0. The van der Waals surface area contributed by atoms with Crippen LogP contribution in [0.4, 0.5) is 5.69 Å². The van der Waals surface area contributed by atoms with Crippen molar-refractivity contribution in [2.45, 2.75) is 19.1 Å². The molecular formula is C10H12BrNOS. The summed E-state index contributed by atoms with van der Waals surface area (Å²) in [6.45, 7) is 3.73. The molecule has 0 aliphatic heterocycles. The summed E-state index contributed by atoms with van der Waals surface area (Å²) in [5.41, 5.74) is 1.93. The summed E-state index contributed by atoms with van der Waals surface area (Å²) < 4.78 is 0.988. The van der Waals surface area contributed by atoms with E-state index >= 15 is 0 Å². The average molecular weight is 274 g/mol. The standard InChI is InChI=1S/C10H12BrNOS/c1-6-3-4-8(5-9(6)11)12-10(13)7(2)14/h3-5,7,14H,1-2H3,(H,12,13). The molecule has 1 rings (SSSR count). The molecule has 0 bridgehead atoms. The minimum atomic E-state index is -0.296. The largest absolute Gasteiger partial charge is 0.325 e. The van der Waals surface area contributed by atoms with Crippen LogP contribution in [0.5, 0.6) is 0 Å². The third-order valence-electron chi connectivity index (χ3n) is 1.82. The Hall–Kier alpha value is -0.480. The smallest absolute Gasteiger partial charge is 0.236 e. The highest BCUT2D eigenvalue weighted by Crippen LogP contribution is 2.20. The number of halogens is 1. The molecule has 14 heavy (non-hydrogen) atoms. The van der Waals surface area contributed by atoms with Crippen LogP contribution in [-0.4, -0.2) is 11.2 Å². The van der Waals surface area contributed by atoms with Crippen LogP contribution in [0, 0.1) is 6.92 Å². The van der Waals surface area contributed by atoms with E-state index < -0.39 is 0 Å². The summed E-state index contributed by atoms with van der Waals surface area (Å²) >= 11 is 7.45. The lowest BCUT2D eigenvalue weighted by molar-refractivity contribution is -0.115. The van der Waals surface area contributed by atoms with Gasteiger partial charge in [-0.25, -0.2) is 0 Å². The lowest BCUT2D eigenvalue weighted by Gasteiger charge is -2.08. The molecule has 0 saturated carbocycles. The number of nitrogens with one attached hydrogen (secondary N) is 1. The number of thiol groups is 1. The summed E-state index contributed by atoms with van der Waals surface area (Å²) in [4.78, 5) is 11.3. The summed E-state index contributed by atoms with van der Waals surface area (Å²) in [6, 6.07) is 5.69. The van der Waals surface area contributed by atoms with Gasteiger partial charge in [0.25, 0.3) is 0 Å². The highest BCUT2D eigenvalue weighted by Gasteiger charge is 2.07. The van der Waals surface area contributed by atoms with Crippen LogP contribution in [0.15, 0.2) is 22.7 Å². The number of carbonyl (C=O) groups is 1. The zero-order valence-corrected chi connectivity index (χ0v) is 10.5. The van der Waals surface area contributed by atoms with Crippen molar-refractivity contribution in [1.82, 2.24) is 0 Å². The molecule has 0 aromatic heterocycles. The van der Waals surface area contributed by atoms with Crippen LogP contribution in [0.2, 0.25) is 0 Å². The van der Waals surface area contributed by atoms with E-state index in [1.165, 1.54) is 0 Å². The van der Waals surface area contributed by atoms with Crippen LogP contribution < -0.4 is 5.32 Å². The predicted molar refractivity (Wildman–Crippen MR) is 66.0 cm³/mol. The van der Waals surface area contributed by atoms with Gasteiger partial charge in [0.15, 0.2) is 0 Å². The molecule has 1 aromatic carbocycles. The van der Waals surface area contributed by atoms with Gasteiger partial charge in [-0.2, -0.15) is 12.6 Å². The number of rotatable bonds is 2. The van der Waals surface area contributed by atoms with Gasteiger partial charge >= 0.3 is 0 Å². The Balaban J connectivity index is 2.78. The van der Waals surface area contributed by atoms with Crippen molar-refractivity contribution in [2.24, 2.45) is 0 Å².